The predicted octanol–water partition coefficient (Wildman–Crippen LogP) is -1.57. The number of hydrogen-bond acceptors (Lipinski definition) is 7. The fraction of sp³-hybridized carbons (Fsp3) is 0.333. The van der Waals surface area contributed by atoms with E-state index in [1.807, 2.05) is 0 Å². The fourth-order valence-corrected chi connectivity index (χ4v) is 2.40. The van der Waals surface area contributed by atoms with Crippen LogP contribution in [0, 0.1) is 0 Å². The van der Waals surface area contributed by atoms with Crippen LogP contribution in [0.15, 0.2) is 24.3 Å². The summed E-state index contributed by atoms with van der Waals surface area (Å²) >= 11 is 0. The molecule has 0 bridgehead atoms. The summed E-state index contributed by atoms with van der Waals surface area (Å²) in [5.74, 6) is -2.82. The summed E-state index contributed by atoms with van der Waals surface area (Å²) in [4.78, 5) is 47.7. The Morgan fingerprint density at radius 1 is 1.27 bits per heavy atom. The van der Waals surface area contributed by atoms with Crippen molar-refractivity contribution in [3.63, 3.8) is 0 Å². The highest BCUT2D eigenvalue weighted by molar-refractivity contribution is 6.08. The maximum absolute atomic E-state index is 12.1. The number of carbonyl (C=O) groups excluding carboxylic acids is 4. The number of benzene rings is 1. The molecular weight excluding hydrogens is 368 g/mol. The lowest BCUT2D eigenvalue weighted by molar-refractivity contribution is -0.145. The number of nitrogens with one attached hydrogen (secondary N) is 2. The van der Waals surface area contributed by atoms with Gasteiger partial charge in [0.25, 0.3) is 11.8 Å². The first-order valence-electron chi connectivity index (χ1n) is 7.43. The van der Waals surface area contributed by atoms with Crippen LogP contribution in [-0.4, -0.2) is 57.5 Å². The summed E-state index contributed by atoms with van der Waals surface area (Å²) in [5, 5.41) is 20.1. The van der Waals surface area contributed by atoms with E-state index in [-0.39, 0.29) is 31.0 Å². The molecule has 0 spiro atoms. The minimum absolute atomic E-state index is 0. The lowest BCUT2D eigenvalue weighted by atomic mass is 10.1. The van der Waals surface area contributed by atoms with Crippen LogP contribution in [-0.2, 0) is 25.6 Å². The van der Waals surface area contributed by atoms with Crippen molar-refractivity contribution < 1.29 is 29.5 Å². The van der Waals surface area contributed by atoms with Crippen molar-refractivity contribution in [1.82, 2.24) is 15.7 Å². The molecule has 1 aromatic rings. The molecule has 1 saturated heterocycles. The number of rotatable bonds is 6. The molecule has 0 radical (unpaired) electrons. The molecule has 1 fully saturated rings. The first kappa shape index (κ1) is 21.4. The molecule has 142 valence electrons. The Balaban J connectivity index is 0.00000338. The van der Waals surface area contributed by atoms with E-state index < -0.39 is 42.3 Å². The Labute approximate surface area is 154 Å². The van der Waals surface area contributed by atoms with Gasteiger partial charge in [-0.15, -0.1) is 12.4 Å². The van der Waals surface area contributed by atoms with E-state index in [0.29, 0.717) is 4.90 Å². The number of amides is 4. The van der Waals surface area contributed by atoms with Crippen LogP contribution in [0.4, 0.5) is 0 Å². The van der Waals surface area contributed by atoms with Gasteiger partial charge >= 0.3 is 0 Å². The van der Waals surface area contributed by atoms with E-state index in [1.54, 1.807) is 12.1 Å². The van der Waals surface area contributed by atoms with Crippen LogP contribution in [0.25, 0.3) is 0 Å². The van der Waals surface area contributed by atoms with Gasteiger partial charge in [0.2, 0.25) is 11.8 Å². The van der Waals surface area contributed by atoms with Crippen molar-refractivity contribution in [2.45, 2.75) is 24.9 Å². The molecule has 1 aliphatic rings. The first-order valence-corrected chi connectivity index (χ1v) is 7.43. The van der Waals surface area contributed by atoms with Gasteiger partial charge in [0.05, 0.1) is 12.5 Å². The minimum Gasteiger partial charge on any atom is -0.508 e. The number of phenolic OH excluding ortho intramolecular Hbond substituents is 1. The summed E-state index contributed by atoms with van der Waals surface area (Å²) in [6.07, 6.45) is -0.104. The molecule has 0 saturated carbocycles. The van der Waals surface area contributed by atoms with E-state index in [2.05, 4.69) is 5.32 Å². The summed E-state index contributed by atoms with van der Waals surface area (Å²) in [6, 6.07) is 4.09. The van der Waals surface area contributed by atoms with E-state index >= 15 is 0 Å². The highest BCUT2D eigenvalue weighted by Gasteiger charge is 2.40. The molecule has 0 aromatic heterocycles. The Kier molecular flexibility index (Phi) is 7.50. The standard InChI is InChI=1S/C15H18N4O6.ClH/c16-10(5-8-1-3-9(20)4-2-8)14(23)17-11-6-13(22)19(15(11)24)7-12(21)18-25;/h1-4,10-11,20,25H,5-7,16H2,(H,17,23)(H,18,21);1H/t10-,11-;/m0./s1. The number of phenols is 1. The van der Waals surface area contributed by atoms with Crippen LogP contribution in [0.3, 0.4) is 0 Å². The van der Waals surface area contributed by atoms with Crippen LogP contribution in [0.2, 0.25) is 0 Å². The molecule has 10 nitrogen and oxygen atoms in total. The summed E-state index contributed by atoms with van der Waals surface area (Å²) in [5.41, 5.74) is 7.85. The monoisotopic (exact) mass is 386 g/mol. The third-order valence-electron chi connectivity index (χ3n) is 3.72. The summed E-state index contributed by atoms with van der Waals surface area (Å²) < 4.78 is 0. The van der Waals surface area contributed by atoms with Gasteiger partial charge in [-0.2, -0.15) is 0 Å². The Morgan fingerprint density at radius 3 is 2.46 bits per heavy atom. The van der Waals surface area contributed by atoms with Gasteiger partial charge in [-0.05, 0) is 24.1 Å². The van der Waals surface area contributed by atoms with Gasteiger partial charge in [-0.3, -0.25) is 29.3 Å². The van der Waals surface area contributed by atoms with Crippen LogP contribution < -0.4 is 16.5 Å². The second-order valence-electron chi connectivity index (χ2n) is 5.60. The van der Waals surface area contributed by atoms with E-state index in [9.17, 15) is 24.3 Å². The molecule has 1 heterocycles. The third kappa shape index (κ3) is 5.15. The molecule has 0 aliphatic carbocycles. The molecule has 2 rings (SSSR count). The maximum Gasteiger partial charge on any atom is 0.263 e. The molecule has 1 aliphatic heterocycles. The number of nitrogens with two attached hydrogens (primary N) is 1. The van der Waals surface area contributed by atoms with Crippen LogP contribution in [0.1, 0.15) is 12.0 Å². The van der Waals surface area contributed by atoms with Gasteiger partial charge in [0, 0.05) is 0 Å². The number of hydrogen-bond donors (Lipinski definition) is 5. The van der Waals surface area contributed by atoms with Crippen molar-refractivity contribution >= 4 is 36.0 Å². The molecule has 1 aromatic carbocycles. The molecule has 0 unspecified atom stereocenters. The quantitative estimate of drug-likeness (QED) is 0.224. The lowest BCUT2D eigenvalue weighted by Gasteiger charge is -2.17. The van der Waals surface area contributed by atoms with Crippen molar-refractivity contribution in [3.05, 3.63) is 29.8 Å². The van der Waals surface area contributed by atoms with E-state index in [4.69, 9.17) is 10.9 Å². The SMILES string of the molecule is Cl.N[C@@H](Cc1ccc(O)cc1)C(=O)N[C@H]1CC(=O)N(CC(=O)NO)C1=O. The number of hydroxylamine groups is 1. The maximum atomic E-state index is 12.1. The second kappa shape index (κ2) is 9.13. The molecular formula is C15H19ClN4O6. The largest absolute Gasteiger partial charge is 0.508 e. The fourth-order valence-electron chi connectivity index (χ4n) is 2.40. The number of likely N-dealkylation sites (tertiary alicyclic amines) is 1. The molecule has 2 atom stereocenters. The van der Waals surface area contributed by atoms with Gasteiger partial charge in [-0.1, -0.05) is 12.1 Å². The van der Waals surface area contributed by atoms with Gasteiger partial charge in [0.15, 0.2) is 0 Å². The average Bonchev–Trinajstić information content (AvgIpc) is 2.84. The second-order valence-corrected chi connectivity index (χ2v) is 5.60. The smallest absolute Gasteiger partial charge is 0.263 e. The zero-order chi connectivity index (χ0) is 18.6. The summed E-state index contributed by atoms with van der Waals surface area (Å²) in [7, 11) is 0. The highest BCUT2D eigenvalue weighted by Crippen LogP contribution is 2.14. The van der Waals surface area contributed by atoms with Gasteiger partial charge in [0.1, 0.15) is 18.3 Å². The number of carbonyl (C=O) groups is 4. The lowest BCUT2D eigenvalue weighted by Crippen LogP contribution is -2.49. The van der Waals surface area contributed by atoms with Crippen molar-refractivity contribution in [1.29, 1.82) is 0 Å². The zero-order valence-electron chi connectivity index (χ0n) is 13.5. The van der Waals surface area contributed by atoms with E-state index in [0.717, 1.165) is 5.56 Å². The number of aromatic hydroxyl groups is 1. The Morgan fingerprint density at radius 2 is 1.88 bits per heavy atom. The number of halogens is 1. The van der Waals surface area contributed by atoms with Gasteiger partial charge in [-0.25, -0.2) is 5.48 Å². The zero-order valence-corrected chi connectivity index (χ0v) is 14.4. The minimum atomic E-state index is -1.10. The number of nitrogens with zero attached hydrogens (tertiary/aromatic N) is 1. The predicted molar refractivity (Wildman–Crippen MR) is 90.2 cm³/mol. The molecule has 4 amide bonds. The normalized spacial score (nSPS) is 17.5. The van der Waals surface area contributed by atoms with Gasteiger partial charge < -0.3 is 16.2 Å². The highest BCUT2D eigenvalue weighted by atomic mass is 35.5. The molecule has 11 heteroatoms. The van der Waals surface area contributed by atoms with Crippen LogP contribution >= 0.6 is 12.4 Å². The van der Waals surface area contributed by atoms with Crippen molar-refractivity contribution in [3.8, 4) is 5.75 Å². The Bertz CT molecular complexity index is 696. The van der Waals surface area contributed by atoms with E-state index in [1.165, 1.54) is 17.6 Å². The summed E-state index contributed by atoms with van der Waals surface area (Å²) in [6.45, 7) is -0.625. The number of imide groups is 1. The molecule has 6 N–H and O–H groups in total. The Hall–Kier alpha value is -2.69. The van der Waals surface area contributed by atoms with Crippen LogP contribution in [0.5, 0.6) is 5.75 Å². The van der Waals surface area contributed by atoms with Crippen molar-refractivity contribution in [2.75, 3.05) is 6.54 Å². The topological polar surface area (TPSA) is 162 Å². The third-order valence-corrected chi connectivity index (χ3v) is 3.72. The average molecular weight is 387 g/mol. The van der Waals surface area contributed by atoms with Crippen molar-refractivity contribution in [2.24, 2.45) is 5.73 Å². The first-order chi connectivity index (χ1) is 11.8. The molecule has 26 heavy (non-hydrogen) atoms.